The van der Waals surface area contributed by atoms with Crippen LogP contribution in [0.1, 0.15) is 53.5 Å². The second-order valence-corrected chi connectivity index (χ2v) is 8.70. The van der Waals surface area contributed by atoms with Gasteiger partial charge in [0, 0.05) is 34.3 Å². The van der Waals surface area contributed by atoms with Crippen LogP contribution in [0.25, 0.3) is 10.9 Å². The van der Waals surface area contributed by atoms with E-state index in [1.54, 1.807) is 7.11 Å². The number of aryl methyl sites for hydroxylation is 1. The number of hydrogen-bond donors (Lipinski definition) is 1. The van der Waals surface area contributed by atoms with Gasteiger partial charge in [-0.15, -0.1) is 0 Å². The number of aromatic nitrogens is 1. The molecule has 0 saturated heterocycles. The molecule has 0 fully saturated rings. The molecule has 0 spiro atoms. The average molecular weight is 377 g/mol. The molecular weight excluding hydrogens is 348 g/mol. The first-order chi connectivity index (χ1) is 13.3. The van der Waals surface area contributed by atoms with Gasteiger partial charge in [0.05, 0.1) is 13.7 Å². The van der Waals surface area contributed by atoms with Crippen molar-refractivity contribution in [3.8, 4) is 5.75 Å². The number of methoxy groups -OCH3 is 1. The number of carbonyl (C=O) groups is 1. The highest BCUT2D eigenvalue weighted by atomic mass is 16.5. The van der Waals surface area contributed by atoms with Crippen molar-refractivity contribution in [1.82, 2.24) is 9.88 Å². The third-order valence-corrected chi connectivity index (χ3v) is 5.83. The molecule has 0 unspecified atom stereocenters. The summed E-state index contributed by atoms with van der Waals surface area (Å²) >= 11 is 0. The molecule has 1 amide bonds. The molecule has 4 heteroatoms. The van der Waals surface area contributed by atoms with Gasteiger partial charge >= 0.3 is 0 Å². The molecule has 0 bridgehead atoms. The first-order valence-electron chi connectivity index (χ1n) is 9.86. The van der Waals surface area contributed by atoms with Gasteiger partial charge in [-0.2, -0.15) is 0 Å². The van der Waals surface area contributed by atoms with Crippen molar-refractivity contribution in [1.29, 1.82) is 0 Å². The van der Waals surface area contributed by atoms with Crippen molar-refractivity contribution >= 4 is 16.8 Å². The predicted octanol–water partition coefficient (Wildman–Crippen LogP) is 4.98. The van der Waals surface area contributed by atoms with Crippen molar-refractivity contribution in [2.45, 2.75) is 46.1 Å². The molecule has 0 atom stereocenters. The van der Waals surface area contributed by atoms with E-state index in [0.717, 1.165) is 28.8 Å². The van der Waals surface area contributed by atoms with Crippen LogP contribution in [-0.4, -0.2) is 29.4 Å². The zero-order valence-electron chi connectivity index (χ0n) is 17.3. The fourth-order valence-electron chi connectivity index (χ4n) is 4.19. The summed E-state index contributed by atoms with van der Waals surface area (Å²) in [5, 5.41) is 1.22. The zero-order valence-corrected chi connectivity index (χ0v) is 17.3. The van der Waals surface area contributed by atoms with Crippen molar-refractivity contribution in [2.75, 3.05) is 13.7 Å². The van der Waals surface area contributed by atoms with E-state index >= 15 is 0 Å². The van der Waals surface area contributed by atoms with Crippen LogP contribution in [0.4, 0.5) is 0 Å². The van der Waals surface area contributed by atoms with Gasteiger partial charge in [0.1, 0.15) is 5.75 Å². The van der Waals surface area contributed by atoms with Crippen LogP contribution < -0.4 is 4.74 Å². The van der Waals surface area contributed by atoms with Crippen molar-refractivity contribution in [2.24, 2.45) is 0 Å². The van der Waals surface area contributed by atoms with Crippen LogP contribution in [0.5, 0.6) is 5.75 Å². The molecule has 1 N–H and O–H groups in total. The fourth-order valence-corrected chi connectivity index (χ4v) is 4.19. The Balaban J connectivity index is 1.69. The number of carbonyl (C=O) groups excluding carboxylic acids is 1. The number of amides is 1. The molecule has 1 aliphatic heterocycles. The molecule has 4 rings (SSSR count). The van der Waals surface area contributed by atoms with E-state index in [1.807, 2.05) is 23.1 Å². The van der Waals surface area contributed by atoms with Crippen LogP contribution in [0.15, 0.2) is 36.4 Å². The number of benzene rings is 2. The third kappa shape index (κ3) is 3.07. The maximum absolute atomic E-state index is 13.3. The summed E-state index contributed by atoms with van der Waals surface area (Å²) in [4.78, 5) is 18.7. The molecule has 4 nitrogen and oxygen atoms in total. The Bertz CT molecular complexity index is 1040. The highest BCUT2D eigenvalue weighted by Gasteiger charge is 2.26. The summed E-state index contributed by atoms with van der Waals surface area (Å²) in [6, 6.07) is 12.1. The lowest BCUT2D eigenvalue weighted by atomic mass is 9.86. The standard InChI is InChI=1S/C24H28N2O2/c1-15-18-12-13-26(14-19-21(28-5)11-10-20(25-15)22(18)19)23(27)16-6-8-17(9-7-16)24(2,3)4/h6-11,25H,12-14H2,1-5H3. The molecule has 2 aromatic carbocycles. The molecule has 2 heterocycles. The summed E-state index contributed by atoms with van der Waals surface area (Å²) in [7, 11) is 1.69. The minimum atomic E-state index is 0.0753. The highest BCUT2D eigenvalue weighted by Crippen LogP contribution is 2.36. The van der Waals surface area contributed by atoms with Crippen LogP contribution in [-0.2, 0) is 18.4 Å². The average Bonchev–Trinajstić information content (AvgIpc) is 2.86. The van der Waals surface area contributed by atoms with Crippen LogP contribution in [0.3, 0.4) is 0 Å². The highest BCUT2D eigenvalue weighted by molar-refractivity contribution is 5.96. The lowest BCUT2D eigenvalue weighted by Gasteiger charge is -2.23. The number of rotatable bonds is 2. The van der Waals surface area contributed by atoms with Gasteiger partial charge in [0.25, 0.3) is 5.91 Å². The summed E-state index contributed by atoms with van der Waals surface area (Å²) in [6.07, 6.45) is 0.845. The monoisotopic (exact) mass is 376 g/mol. The van der Waals surface area contributed by atoms with Crippen LogP contribution in [0, 0.1) is 6.92 Å². The molecule has 0 saturated carbocycles. The fraction of sp³-hybridized carbons (Fsp3) is 0.375. The normalized spacial score (nSPS) is 14.2. The van der Waals surface area contributed by atoms with Gasteiger partial charge in [0.2, 0.25) is 0 Å². The Morgan fingerprint density at radius 1 is 1.07 bits per heavy atom. The molecule has 3 aromatic rings. The van der Waals surface area contributed by atoms with Crippen molar-refractivity contribution in [3.05, 3.63) is 64.3 Å². The largest absolute Gasteiger partial charge is 0.496 e. The molecular formula is C24H28N2O2. The minimum Gasteiger partial charge on any atom is -0.496 e. The molecule has 1 aliphatic rings. The third-order valence-electron chi connectivity index (χ3n) is 5.83. The van der Waals surface area contributed by atoms with E-state index in [9.17, 15) is 4.79 Å². The second kappa shape index (κ2) is 6.69. The Hall–Kier alpha value is -2.75. The van der Waals surface area contributed by atoms with Gasteiger partial charge < -0.3 is 14.6 Å². The molecule has 28 heavy (non-hydrogen) atoms. The minimum absolute atomic E-state index is 0.0753. The first kappa shape index (κ1) is 18.6. The summed E-state index contributed by atoms with van der Waals surface area (Å²) in [6.45, 7) is 9.91. The lowest BCUT2D eigenvalue weighted by molar-refractivity contribution is 0.0746. The van der Waals surface area contributed by atoms with E-state index in [0.29, 0.717) is 13.1 Å². The van der Waals surface area contributed by atoms with Crippen LogP contribution in [0.2, 0.25) is 0 Å². The second-order valence-electron chi connectivity index (χ2n) is 8.70. The SMILES string of the molecule is COc1ccc2[nH]c(C)c3c2c1CN(C(=O)c1ccc(C(C)(C)C)cc1)CC3. The van der Waals surface area contributed by atoms with Crippen molar-refractivity contribution < 1.29 is 9.53 Å². The molecule has 146 valence electrons. The smallest absolute Gasteiger partial charge is 0.254 e. The van der Waals surface area contributed by atoms with Gasteiger partial charge in [0.15, 0.2) is 0 Å². The number of ether oxygens (including phenoxy) is 1. The number of hydrogen-bond acceptors (Lipinski definition) is 2. The predicted molar refractivity (Wildman–Crippen MR) is 113 cm³/mol. The lowest BCUT2D eigenvalue weighted by Crippen LogP contribution is -2.31. The van der Waals surface area contributed by atoms with Crippen LogP contribution >= 0.6 is 0 Å². The van der Waals surface area contributed by atoms with E-state index in [4.69, 9.17) is 4.74 Å². The topological polar surface area (TPSA) is 45.3 Å². The van der Waals surface area contributed by atoms with E-state index in [-0.39, 0.29) is 11.3 Å². The van der Waals surface area contributed by atoms with Gasteiger partial charge in [-0.3, -0.25) is 4.79 Å². The Labute approximate surface area is 166 Å². The van der Waals surface area contributed by atoms with E-state index in [1.165, 1.54) is 22.2 Å². The first-order valence-corrected chi connectivity index (χ1v) is 9.86. The Morgan fingerprint density at radius 3 is 2.43 bits per heavy atom. The number of nitrogens with one attached hydrogen (secondary N) is 1. The van der Waals surface area contributed by atoms with Gasteiger partial charge in [-0.05, 0) is 54.2 Å². The maximum atomic E-state index is 13.3. The zero-order chi connectivity index (χ0) is 20.1. The van der Waals surface area contributed by atoms with E-state index < -0.39 is 0 Å². The number of H-pyrrole nitrogens is 1. The molecule has 0 radical (unpaired) electrons. The summed E-state index contributed by atoms with van der Waals surface area (Å²) < 4.78 is 5.63. The summed E-state index contributed by atoms with van der Waals surface area (Å²) in [5.74, 6) is 0.918. The van der Waals surface area contributed by atoms with E-state index in [2.05, 4.69) is 50.9 Å². The molecule has 1 aromatic heterocycles. The Kier molecular flexibility index (Phi) is 4.45. The maximum Gasteiger partial charge on any atom is 0.254 e. The number of nitrogens with zero attached hydrogens (tertiary/aromatic N) is 1. The molecule has 0 aliphatic carbocycles. The van der Waals surface area contributed by atoms with Crippen molar-refractivity contribution in [3.63, 3.8) is 0 Å². The quantitative estimate of drug-likeness (QED) is 0.685. The Morgan fingerprint density at radius 2 is 1.79 bits per heavy atom. The van der Waals surface area contributed by atoms with Gasteiger partial charge in [-0.25, -0.2) is 0 Å². The summed E-state index contributed by atoms with van der Waals surface area (Å²) in [5.41, 5.74) is 6.73. The van der Waals surface area contributed by atoms with Gasteiger partial charge in [-0.1, -0.05) is 32.9 Å². The number of aromatic amines is 1.